The molecule has 1 aliphatic rings. The SMILES string of the molecule is N#CCOc1ccc(S(=O)(=O)N2CCCCC2)cc1. The van der Waals surface area contributed by atoms with Crippen LogP contribution in [0, 0.1) is 11.3 Å². The zero-order valence-electron chi connectivity index (χ0n) is 10.6. The summed E-state index contributed by atoms with van der Waals surface area (Å²) in [6, 6.07) is 8.07. The van der Waals surface area contributed by atoms with Crippen molar-refractivity contribution in [3.63, 3.8) is 0 Å². The van der Waals surface area contributed by atoms with E-state index in [-0.39, 0.29) is 11.5 Å². The maximum atomic E-state index is 12.3. The molecular weight excluding hydrogens is 264 g/mol. The molecule has 0 aromatic heterocycles. The maximum absolute atomic E-state index is 12.3. The van der Waals surface area contributed by atoms with E-state index in [9.17, 15) is 8.42 Å². The van der Waals surface area contributed by atoms with Gasteiger partial charge in [-0.15, -0.1) is 0 Å². The standard InChI is InChI=1S/C13H16N2O3S/c14-8-11-18-12-4-6-13(7-5-12)19(16,17)15-9-2-1-3-10-15/h4-7H,1-3,9-11H2. The second-order valence-electron chi connectivity index (χ2n) is 4.38. The van der Waals surface area contributed by atoms with Crippen molar-refractivity contribution in [1.82, 2.24) is 4.31 Å². The normalized spacial score (nSPS) is 16.8. The van der Waals surface area contributed by atoms with Gasteiger partial charge in [0.2, 0.25) is 10.0 Å². The van der Waals surface area contributed by atoms with Gasteiger partial charge in [0.1, 0.15) is 11.8 Å². The number of sulfonamides is 1. The van der Waals surface area contributed by atoms with Gasteiger partial charge < -0.3 is 4.74 Å². The molecule has 1 aromatic carbocycles. The first kappa shape index (κ1) is 13.8. The second kappa shape index (κ2) is 6.04. The van der Waals surface area contributed by atoms with E-state index >= 15 is 0 Å². The molecule has 0 bridgehead atoms. The summed E-state index contributed by atoms with van der Waals surface area (Å²) in [5, 5.41) is 8.40. The van der Waals surface area contributed by atoms with Crippen molar-refractivity contribution in [2.75, 3.05) is 19.7 Å². The molecular formula is C13H16N2O3S. The smallest absolute Gasteiger partial charge is 0.243 e. The summed E-state index contributed by atoms with van der Waals surface area (Å²) in [4.78, 5) is 0.277. The third kappa shape index (κ3) is 3.25. The van der Waals surface area contributed by atoms with Crippen molar-refractivity contribution in [1.29, 1.82) is 5.26 Å². The van der Waals surface area contributed by atoms with Crippen molar-refractivity contribution in [3.05, 3.63) is 24.3 Å². The molecule has 19 heavy (non-hydrogen) atoms. The van der Waals surface area contributed by atoms with Crippen molar-refractivity contribution >= 4 is 10.0 Å². The molecule has 102 valence electrons. The molecule has 1 aromatic rings. The molecule has 0 spiro atoms. The number of hydrogen-bond acceptors (Lipinski definition) is 4. The van der Waals surface area contributed by atoms with Gasteiger partial charge in [-0.2, -0.15) is 9.57 Å². The Morgan fingerprint density at radius 3 is 2.37 bits per heavy atom. The van der Waals surface area contributed by atoms with Crippen LogP contribution in [-0.2, 0) is 10.0 Å². The first-order valence-corrected chi connectivity index (χ1v) is 7.68. The van der Waals surface area contributed by atoms with Gasteiger partial charge in [0.25, 0.3) is 0 Å². The van der Waals surface area contributed by atoms with Crippen LogP contribution in [-0.4, -0.2) is 32.4 Å². The van der Waals surface area contributed by atoms with Gasteiger partial charge in [-0.25, -0.2) is 8.42 Å². The highest BCUT2D eigenvalue weighted by Gasteiger charge is 2.25. The molecule has 0 atom stereocenters. The highest BCUT2D eigenvalue weighted by atomic mass is 32.2. The number of piperidine rings is 1. The van der Waals surface area contributed by atoms with Gasteiger partial charge in [0.15, 0.2) is 6.61 Å². The van der Waals surface area contributed by atoms with Crippen LogP contribution in [0.3, 0.4) is 0 Å². The van der Waals surface area contributed by atoms with Crippen LogP contribution in [0.5, 0.6) is 5.75 Å². The molecule has 0 saturated carbocycles. The first-order chi connectivity index (χ1) is 9.14. The average Bonchev–Trinajstić information content (AvgIpc) is 2.46. The van der Waals surface area contributed by atoms with E-state index in [0.717, 1.165) is 19.3 Å². The summed E-state index contributed by atoms with van der Waals surface area (Å²) in [6.07, 6.45) is 2.93. The molecule has 6 heteroatoms. The van der Waals surface area contributed by atoms with Crippen LogP contribution < -0.4 is 4.74 Å². The number of hydrogen-bond donors (Lipinski definition) is 0. The van der Waals surface area contributed by atoms with Gasteiger partial charge in [0, 0.05) is 13.1 Å². The predicted octanol–water partition coefficient (Wildman–Crippen LogP) is 1.76. The number of ether oxygens (including phenoxy) is 1. The van der Waals surface area contributed by atoms with Gasteiger partial charge in [0.05, 0.1) is 4.90 Å². The average molecular weight is 280 g/mol. The number of benzene rings is 1. The van der Waals surface area contributed by atoms with Crippen LogP contribution in [0.4, 0.5) is 0 Å². The minimum atomic E-state index is -3.39. The minimum absolute atomic E-state index is 0.0434. The molecule has 0 N–H and O–H groups in total. The molecule has 0 aliphatic carbocycles. The van der Waals surface area contributed by atoms with Crippen molar-refractivity contribution in [2.24, 2.45) is 0 Å². The van der Waals surface area contributed by atoms with E-state index in [1.807, 2.05) is 6.07 Å². The molecule has 1 heterocycles. The Bertz CT molecular complexity index is 555. The van der Waals surface area contributed by atoms with Crippen LogP contribution in [0.2, 0.25) is 0 Å². The van der Waals surface area contributed by atoms with Crippen molar-refractivity contribution < 1.29 is 13.2 Å². The Balaban J connectivity index is 2.14. The monoisotopic (exact) mass is 280 g/mol. The second-order valence-corrected chi connectivity index (χ2v) is 6.32. The Morgan fingerprint density at radius 1 is 1.16 bits per heavy atom. The summed E-state index contributed by atoms with van der Waals surface area (Å²) >= 11 is 0. The third-order valence-corrected chi connectivity index (χ3v) is 4.99. The molecule has 0 amide bonds. The quantitative estimate of drug-likeness (QED) is 0.842. The predicted molar refractivity (Wildman–Crippen MR) is 70.2 cm³/mol. The zero-order chi connectivity index (χ0) is 13.7. The van der Waals surface area contributed by atoms with Crippen molar-refractivity contribution in [3.8, 4) is 11.8 Å². The number of rotatable bonds is 4. The van der Waals surface area contributed by atoms with Crippen LogP contribution in [0.15, 0.2) is 29.2 Å². The summed E-state index contributed by atoms with van der Waals surface area (Å²) < 4.78 is 31.3. The minimum Gasteiger partial charge on any atom is -0.479 e. The molecule has 2 rings (SSSR count). The first-order valence-electron chi connectivity index (χ1n) is 6.24. The summed E-state index contributed by atoms with van der Waals surface area (Å²) in [7, 11) is -3.39. The van der Waals surface area contributed by atoms with Crippen LogP contribution in [0.1, 0.15) is 19.3 Å². The van der Waals surface area contributed by atoms with Gasteiger partial charge in [-0.05, 0) is 37.1 Å². The molecule has 1 saturated heterocycles. The Hall–Kier alpha value is -1.58. The fourth-order valence-corrected chi connectivity index (χ4v) is 3.59. The van der Waals surface area contributed by atoms with Crippen LogP contribution in [0.25, 0.3) is 0 Å². The Kier molecular flexibility index (Phi) is 4.40. The third-order valence-electron chi connectivity index (χ3n) is 3.08. The Morgan fingerprint density at radius 2 is 1.79 bits per heavy atom. The van der Waals surface area contributed by atoms with Gasteiger partial charge >= 0.3 is 0 Å². The van der Waals surface area contributed by atoms with E-state index in [1.165, 1.54) is 16.4 Å². The topological polar surface area (TPSA) is 70.4 Å². The Labute approximate surface area is 113 Å². The highest BCUT2D eigenvalue weighted by Crippen LogP contribution is 2.22. The molecule has 1 fully saturated rings. The number of nitrogens with zero attached hydrogens (tertiary/aromatic N) is 2. The van der Waals surface area contributed by atoms with E-state index in [4.69, 9.17) is 10.00 Å². The maximum Gasteiger partial charge on any atom is 0.243 e. The van der Waals surface area contributed by atoms with Crippen LogP contribution >= 0.6 is 0 Å². The summed E-state index contributed by atoms with van der Waals surface area (Å²) in [6.45, 7) is 1.14. The molecule has 0 unspecified atom stereocenters. The van der Waals surface area contributed by atoms with E-state index < -0.39 is 10.0 Å². The van der Waals surface area contributed by atoms with Crippen molar-refractivity contribution in [2.45, 2.75) is 24.2 Å². The largest absolute Gasteiger partial charge is 0.479 e. The lowest BCUT2D eigenvalue weighted by Gasteiger charge is -2.25. The molecule has 0 radical (unpaired) electrons. The summed E-state index contributed by atoms with van der Waals surface area (Å²) in [5.74, 6) is 0.499. The lowest BCUT2D eigenvalue weighted by atomic mass is 10.2. The molecule has 5 nitrogen and oxygen atoms in total. The summed E-state index contributed by atoms with van der Waals surface area (Å²) in [5.41, 5.74) is 0. The van der Waals surface area contributed by atoms with E-state index in [0.29, 0.717) is 18.8 Å². The highest BCUT2D eigenvalue weighted by molar-refractivity contribution is 7.89. The van der Waals surface area contributed by atoms with Gasteiger partial charge in [-0.3, -0.25) is 0 Å². The van der Waals surface area contributed by atoms with Gasteiger partial charge in [-0.1, -0.05) is 6.42 Å². The number of nitriles is 1. The molecule has 1 aliphatic heterocycles. The lowest BCUT2D eigenvalue weighted by molar-refractivity contribution is 0.346. The van der Waals surface area contributed by atoms with E-state index in [1.54, 1.807) is 12.1 Å². The van der Waals surface area contributed by atoms with E-state index in [2.05, 4.69) is 0 Å². The lowest BCUT2D eigenvalue weighted by Crippen LogP contribution is -2.35. The fraction of sp³-hybridized carbons (Fsp3) is 0.462. The zero-order valence-corrected chi connectivity index (χ0v) is 11.4. The fourth-order valence-electron chi connectivity index (χ4n) is 2.08.